The molecule has 0 saturated heterocycles. The van der Waals surface area contributed by atoms with Crippen molar-refractivity contribution in [3.05, 3.63) is 85.1 Å². The highest BCUT2D eigenvalue weighted by Crippen LogP contribution is 2.35. The number of phenolic OH excluding ortho intramolecular Hbond substituents is 1. The molecule has 6 rings (SSSR count). The number of rotatable bonds is 3. The van der Waals surface area contributed by atoms with Crippen molar-refractivity contribution >= 4 is 21.8 Å². The van der Waals surface area contributed by atoms with Gasteiger partial charge in [0.25, 0.3) is 0 Å². The van der Waals surface area contributed by atoms with Crippen LogP contribution in [0.3, 0.4) is 0 Å². The van der Waals surface area contributed by atoms with Crippen molar-refractivity contribution in [3.63, 3.8) is 0 Å². The molecule has 0 unspecified atom stereocenters. The van der Waals surface area contributed by atoms with E-state index in [0.29, 0.717) is 5.56 Å². The summed E-state index contributed by atoms with van der Waals surface area (Å²) in [6.45, 7) is 0. The van der Waals surface area contributed by atoms with Crippen molar-refractivity contribution in [2.45, 2.75) is 0 Å². The van der Waals surface area contributed by atoms with Gasteiger partial charge in [-0.3, -0.25) is 15.1 Å². The van der Waals surface area contributed by atoms with E-state index in [9.17, 15) is 9.50 Å². The minimum atomic E-state index is -0.484. The molecule has 4 aromatic heterocycles. The summed E-state index contributed by atoms with van der Waals surface area (Å²) in [5.74, 6) is -0.593. The number of hydrogen-bond acceptors (Lipinski definition) is 4. The van der Waals surface area contributed by atoms with Crippen LogP contribution in [-0.4, -0.2) is 30.3 Å². The van der Waals surface area contributed by atoms with Crippen LogP contribution in [0, 0.1) is 5.82 Å². The molecule has 0 amide bonds. The van der Waals surface area contributed by atoms with Gasteiger partial charge in [0.15, 0.2) is 0 Å². The lowest BCUT2D eigenvalue weighted by molar-refractivity contribution is 0.469. The molecule has 0 spiro atoms. The van der Waals surface area contributed by atoms with Crippen LogP contribution in [0.5, 0.6) is 5.75 Å². The zero-order chi connectivity index (χ0) is 21.7. The number of aromatic amines is 2. The second kappa shape index (κ2) is 7.02. The topological polar surface area (TPSA) is 90.5 Å². The molecule has 6 nitrogen and oxygen atoms in total. The van der Waals surface area contributed by atoms with E-state index in [2.05, 4.69) is 25.1 Å². The Balaban J connectivity index is 1.52. The van der Waals surface area contributed by atoms with Gasteiger partial charge in [0, 0.05) is 40.3 Å². The summed E-state index contributed by atoms with van der Waals surface area (Å²) in [6.07, 6.45) is 5.24. The number of nitrogens with zero attached hydrogens (tertiary/aromatic N) is 3. The summed E-state index contributed by atoms with van der Waals surface area (Å²) in [6, 6.07) is 17.6. The highest BCUT2D eigenvalue weighted by molar-refractivity contribution is 6.01. The molecule has 0 bridgehead atoms. The summed E-state index contributed by atoms with van der Waals surface area (Å²) in [5, 5.41) is 19.3. The molecule has 154 valence electrons. The summed E-state index contributed by atoms with van der Waals surface area (Å²) in [7, 11) is 0. The van der Waals surface area contributed by atoms with Crippen LogP contribution in [0.4, 0.5) is 4.39 Å². The van der Waals surface area contributed by atoms with E-state index < -0.39 is 5.82 Å². The Kier molecular flexibility index (Phi) is 4.01. The Labute approximate surface area is 181 Å². The van der Waals surface area contributed by atoms with Crippen LogP contribution in [0.1, 0.15) is 0 Å². The van der Waals surface area contributed by atoms with Gasteiger partial charge in [-0.15, -0.1) is 0 Å². The van der Waals surface area contributed by atoms with Crippen molar-refractivity contribution in [2.75, 3.05) is 0 Å². The minimum Gasteiger partial charge on any atom is -0.508 e. The minimum absolute atomic E-state index is 0.109. The molecule has 0 atom stereocenters. The Bertz CT molecular complexity index is 1580. The molecule has 2 aromatic carbocycles. The molecule has 4 heterocycles. The lowest BCUT2D eigenvalue weighted by atomic mass is 10.0. The molecular formula is C25H16FN5O. The molecule has 0 radical (unpaired) electrons. The van der Waals surface area contributed by atoms with Gasteiger partial charge in [-0.1, -0.05) is 12.1 Å². The average molecular weight is 421 g/mol. The van der Waals surface area contributed by atoms with Crippen molar-refractivity contribution < 1.29 is 9.50 Å². The third kappa shape index (κ3) is 2.99. The van der Waals surface area contributed by atoms with E-state index in [-0.39, 0.29) is 5.75 Å². The first kappa shape index (κ1) is 18.3. The van der Waals surface area contributed by atoms with E-state index in [1.54, 1.807) is 24.7 Å². The molecule has 0 aliphatic rings. The largest absolute Gasteiger partial charge is 0.508 e. The molecule has 0 aliphatic heterocycles. The van der Waals surface area contributed by atoms with E-state index in [4.69, 9.17) is 0 Å². The molecule has 3 N–H and O–H groups in total. The second-order valence-electron chi connectivity index (χ2n) is 7.57. The van der Waals surface area contributed by atoms with Gasteiger partial charge in [-0.25, -0.2) is 4.39 Å². The number of pyridine rings is 2. The summed E-state index contributed by atoms with van der Waals surface area (Å²) in [4.78, 5) is 12.0. The van der Waals surface area contributed by atoms with E-state index in [1.807, 2.05) is 42.5 Å². The van der Waals surface area contributed by atoms with Crippen LogP contribution >= 0.6 is 0 Å². The number of benzene rings is 2. The lowest BCUT2D eigenvalue weighted by Crippen LogP contribution is -1.84. The number of hydrogen-bond donors (Lipinski definition) is 3. The van der Waals surface area contributed by atoms with Crippen LogP contribution in [0.2, 0.25) is 0 Å². The van der Waals surface area contributed by atoms with E-state index in [1.165, 1.54) is 6.07 Å². The van der Waals surface area contributed by atoms with Crippen molar-refractivity contribution in [3.8, 4) is 39.5 Å². The first-order valence-electron chi connectivity index (χ1n) is 10.0. The van der Waals surface area contributed by atoms with Crippen LogP contribution in [-0.2, 0) is 0 Å². The Morgan fingerprint density at radius 1 is 0.844 bits per heavy atom. The number of nitrogens with one attached hydrogen (secondary N) is 2. The molecule has 0 aliphatic carbocycles. The maximum atomic E-state index is 13.9. The lowest BCUT2D eigenvalue weighted by Gasteiger charge is -2.05. The van der Waals surface area contributed by atoms with Crippen LogP contribution in [0.15, 0.2) is 79.3 Å². The molecule has 32 heavy (non-hydrogen) atoms. The fourth-order valence-electron chi connectivity index (χ4n) is 4.07. The smallest absolute Gasteiger partial charge is 0.127 e. The average Bonchev–Trinajstić information content (AvgIpc) is 3.42. The zero-order valence-corrected chi connectivity index (χ0v) is 16.7. The Morgan fingerprint density at radius 2 is 1.72 bits per heavy atom. The summed E-state index contributed by atoms with van der Waals surface area (Å²) >= 11 is 0. The molecule has 6 aromatic rings. The number of fused-ring (bicyclic) bond motifs is 2. The molecule has 0 saturated carbocycles. The summed E-state index contributed by atoms with van der Waals surface area (Å²) in [5.41, 5.74) is 6.53. The number of H-pyrrole nitrogens is 2. The molecule has 7 heteroatoms. The predicted octanol–water partition coefficient (Wildman–Crippen LogP) is 5.68. The highest BCUT2D eigenvalue weighted by Gasteiger charge is 2.15. The van der Waals surface area contributed by atoms with Crippen LogP contribution in [0.25, 0.3) is 55.6 Å². The normalized spacial score (nSPS) is 11.4. The third-order valence-corrected chi connectivity index (χ3v) is 5.54. The third-order valence-electron chi connectivity index (χ3n) is 5.54. The SMILES string of the molecule is Oc1cc(F)cc(-c2cccc3[nH]c(-c4n[nH]c5cnc(-c6ccncc6)cc45)cc23)c1. The van der Waals surface area contributed by atoms with Gasteiger partial charge in [-0.05, 0) is 53.6 Å². The predicted molar refractivity (Wildman–Crippen MR) is 121 cm³/mol. The monoisotopic (exact) mass is 421 g/mol. The van der Waals surface area contributed by atoms with Crippen LogP contribution < -0.4 is 0 Å². The number of aromatic nitrogens is 5. The van der Waals surface area contributed by atoms with E-state index in [0.717, 1.165) is 56.1 Å². The number of phenols is 1. The molecular weight excluding hydrogens is 405 g/mol. The quantitative estimate of drug-likeness (QED) is 0.343. The molecule has 0 fully saturated rings. The van der Waals surface area contributed by atoms with Crippen molar-refractivity contribution in [1.29, 1.82) is 0 Å². The Morgan fingerprint density at radius 3 is 2.56 bits per heavy atom. The van der Waals surface area contributed by atoms with Gasteiger partial charge in [0.05, 0.1) is 23.1 Å². The van der Waals surface area contributed by atoms with Crippen molar-refractivity contribution in [2.24, 2.45) is 0 Å². The maximum Gasteiger partial charge on any atom is 0.127 e. The fraction of sp³-hybridized carbons (Fsp3) is 0. The van der Waals surface area contributed by atoms with E-state index >= 15 is 0 Å². The first-order chi connectivity index (χ1) is 15.7. The number of aromatic hydroxyl groups is 1. The number of halogens is 1. The van der Waals surface area contributed by atoms with Gasteiger partial charge < -0.3 is 10.1 Å². The first-order valence-corrected chi connectivity index (χ1v) is 10.0. The second-order valence-corrected chi connectivity index (χ2v) is 7.57. The zero-order valence-electron chi connectivity index (χ0n) is 16.7. The van der Waals surface area contributed by atoms with Gasteiger partial charge in [-0.2, -0.15) is 5.10 Å². The standard InChI is InChI=1S/C25H16FN5O/c26-16-8-15(9-17(32)10-16)18-2-1-3-21-19(18)11-23(29-21)25-20-12-22(14-4-6-27-7-5-14)28-13-24(20)30-31-25/h1-13,29,32H,(H,30,31). The van der Waals surface area contributed by atoms with Gasteiger partial charge >= 0.3 is 0 Å². The maximum absolute atomic E-state index is 13.9. The van der Waals surface area contributed by atoms with Gasteiger partial charge in [0.2, 0.25) is 0 Å². The Hall–Kier alpha value is -4.52. The fourth-order valence-corrected chi connectivity index (χ4v) is 4.07. The highest BCUT2D eigenvalue weighted by atomic mass is 19.1. The van der Waals surface area contributed by atoms with Crippen molar-refractivity contribution in [1.82, 2.24) is 25.1 Å². The summed E-state index contributed by atoms with van der Waals surface area (Å²) < 4.78 is 13.9. The van der Waals surface area contributed by atoms with Gasteiger partial charge in [0.1, 0.15) is 17.3 Å².